The first kappa shape index (κ1) is 25.5. The van der Waals surface area contributed by atoms with Crippen LogP contribution in [0.1, 0.15) is 47.4 Å². The van der Waals surface area contributed by atoms with Crippen LogP contribution in [0.15, 0.2) is 78.9 Å². The Hall–Kier alpha value is -4.13. The highest BCUT2D eigenvalue weighted by Crippen LogP contribution is 2.17. The van der Waals surface area contributed by atoms with Gasteiger partial charge in [0.25, 0.3) is 11.8 Å². The molecule has 0 fully saturated rings. The molecule has 3 rings (SSSR count). The summed E-state index contributed by atoms with van der Waals surface area (Å²) in [6.07, 6.45) is 1.79. The number of hydrogen-bond donors (Lipinski definition) is 3. The fourth-order valence-corrected chi connectivity index (χ4v) is 3.65. The second kappa shape index (κ2) is 12.9. The van der Waals surface area contributed by atoms with Crippen molar-refractivity contribution in [2.24, 2.45) is 0 Å². The van der Waals surface area contributed by atoms with Gasteiger partial charge in [0, 0.05) is 41.3 Å². The molecular weight excluding hydrogens is 440 g/mol. The standard InChI is InChI=1S/C28H32N4O3/c1-3-16-32(17-4-2)28(35)22-12-8-14-24(18-22)30-26(33)20-29-23-13-9-15-25(19-23)31-27(34)21-10-6-5-7-11-21/h5-15,18-19,29H,3-4,16-17,20H2,1-2H3,(H,30,33)(H,31,34). The Balaban J connectivity index is 1.56. The van der Waals surface area contributed by atoms with E-state index in [9.17, 15) is 14.4 Å². The van der Waals surface area contributed by atoms with Crippen molar-refractivity contribution in [1.82, 2.24) is 4.90 Å². The van der Waals surface area contributed by atoms with Crippen LogP contribution in [0.5, 0.6) is 0 Å². The Kier molecular flexibility index (Phi) is 9.42. The quantitative estimate of drug-likeness (QED) is 0.355. The van der Waals surface area contributed by atoms with Crippen molar-refractivity contribution in [3.63, 3.8) is 0 Å². The van der Waals surface area contributed by atoms with Crippen molar-refractivity contribution in [1.29, 1.82) is 0 Å². The van der Waals surface area contributed by atoms with Gasteiger partial charge in [-0.25, -0.2) is 0 Å². The number of nitrogens with zero attached hydrogens (tertiary/aromatic N) is 1. The fourth-order valence-electron chi connectivity index (χ4n) is 3.65. The summed E-state index contributed by atoms with van der Waals surface area (Å²) in [4.78, 5) is 39.6. The summed E-state index contributed by atoms with van der Waals surface area (Å²) >= 11 is 0. The van der Waals surface area contributed by atoms with Gasteiger partial charge in [0.1, 0.15) is 0 Å². The van der Waals surface area contributed by atoms with Gasteiger partial charge in [-0.15, -0.1) is 0 Å². The lowest BCUT2D eigenvalue weighted by atomic mass is 10.1. The molecule has 0 aliphatic heterocycles. The van der Waals surface area contributed by atoms with Crippen molar-refractivity contribution in [3.05, 3.63) is 90.0 Å². The molecule has 7 heteroatoms. The van der Waals surface area contributed by atoms with Gasteiger partial charge >= 0.3 is 0 Å². The average molecular weight is 473 g/mol. The molecule has 3 amide bonds. The third-order valence-electron chi connectivity index (χ3n) is 5.28. The molecule has 35 heavy (non-hydrogen) atoms. The Labute approximate surface area is 206 Å². The Morgan fingerprint density at radius 1 is 0.686 bits per heavy atom. The summed E-state index contributed by atoms with van der Waals surface area (Å²) in [5.41, 5.74) is 3.02. The molecule has 0 heterocycles. The lowest BCUT2D eigenvalue weighted by Gasteiger charge is -2.21. The van der Waals surface area contributed by atoms with Gasteiger partial charge in [-0.05, 0) is 61.4 Å². The number of benzene rings is 3. The van der Waals surface area contributed by atoms with E-state index in [4.69, 9.17) is 0 Å². The SMILES string of the molecule is CCCN(CCC)C(=O)c1cccc(NC(=O)CNc2cccc(NC(=O)c3ccccc3)c2)c1. The van der Waals surface area contributed by atoms with Gasteiger partial charge < -0.3 is 20.9 Å². The first-order valence-electron chi connectivity index (χ1n) is 11.9. The molecule has 182 valence electrons. The smallest absolute Gasteiger partial charge is 0.255 e. The van der Waals surface area contributed by atoms with Crippen molar-refractivity contribution in [2.45, 2.75) is 26.7 Å². The summed E-state index contributed by atoms with van der Waals surface area (Å²) in [6, 6.07) is 23.1. The molecule has 0 bridgehead atoms. The monoisotopic (exact) mass is 472 g/mol. The average Bonchev–Trinajstić information content (AvgIpc) is 2.88. The van der Waals surface area contributed by atoms with Crippen LogP contribution in [0, 0.1) is 0 Å². The Morgan fingerprint density at radius 2 is 1.29 bits per heavy atom. The van der Waals surface area contributed by atoms with Crippen molar-refractivity contribution in [3.8, 4) is 0 Å². The van der Waals surface area contributed by atoms with Crippen molar-refractivity contribution in [2.75, 3.05) is 35.6 Å². The molecule has 3 aromatic rings. The minimum Gasteiger partial charge on any atom is -0.376 e. The van der Waals surface area contributed by atoms with Gasteiger partial charge in [0.05, 0.1) is 6.54 Å². The van der Waals surface area contributed by atoms with Crippen LogP contribution >= 0.6 is 0 Å². The molecule has 0 spiro atoms. The molecular formula is C28H32N4O3. The molecule has 0 unspecified atom stereocenters. The van der Waals surface area contributed by atoms with Gasteiger partial charge in [0.15, 0.2) is 0 Å². The van der Waals surface area contributed by atoms with Crippen LogP contribution in [-0.2, 0) is 4.79 Å². The van der Waals surface area contributed by atoms with E-state index in [2.05, 4.69) is 16.0 Å². The topological polar surface area (TPSA) is 90.5 Å². The van der Waals surface area contributed by atoms with Crippen LogP contribution < -0.4 is 16.0 Å². The summed E-state index contributed by atoms with van der Waals surface area (Å²) in [5, 5.41) is 8.76. The number of amides is 3. The molecule has 7 nitrogen and oxygen atoms in total. The number of carbonyl (C=O) groups excluding carboxylic acids is 3. The van der Waals surface area contributed by atoms with Crippen LogP contribution in [0.2, 0.25) is 0 Å². The molecule has 3 aromatic carbocycles. The third kappa shape index (κ3) is 7.71. The number of nitrogens with one attached hydrogen (secondary N) is 3. The predicted octanol–water partition coefficient (Wildman–Crippen LogP) is 5.25. The van der Waals surface area contributed by atoms with Crippen molar-refractivity contribution >= 4 is 34.8 Å². The molecule has 0 radical (unpaired) electrons. The van der Waals surface area contributed by atoms with Crippen LogP contribution in [0.25, 0.3) is 0 Å². The van der Waals surface area contributed by atoms with E-state index in [-0.39, 0.29) is 24.3 Å². The van der Waals surface area contributed by atoms with Gasteiger partial charge in [-0.1, -0.05) is 44.2 Å². The fraction of sp³-hybridized carbons (Fsp3) is 0.250. The highest BCUT2D eigenvalue weighted by molar-refractivity contribution is 6.04. The molecule has 0 atom stereocenters. The third-order valence-corrected chi connectivity index (χ3v) is 5.28. The van der Waals surface area contributed by atoms with Gasteiger partial charge in [0.2, 0.25) is 5.91 Å². The maximum atomic E-state index is 12.8. The van der Waals surface area contributed by atoms with E-state index in [1.807, 2.05) is 43.0 Å². The van der Waals surface area contributed by atoms with E-state index in [0.717, 1.165) is 12.8 Å². The van der Waals surface area contributed by atoms with Gasteiger partial charge in [-0.3, -0.25) is 14.4 Å². The number of hydrogen-bond acceptors (Lipinski definition) is 4. The second-order valence-electron chi connectivity index (χ2n) is 8.18. The summed E-state index contributed by atoms with van der Waals surface area (Å²) in [6.45, 7) is 5.54. The van der Waals surface area contributed by atoms with E-state index in [1.54, 1.807) is 54.6 Å². The highest BCUT2D eigenvalue weighted by Gasteiger charge is 2.15. The Morgan fingerprint density at radius 3 is 1.97 bits per heavy atom. The molecule has 0 saturated carbocycles. The second-order valence-corrected chi connectivity index (χ2v) is 8.18. The van der Waals surface area contributed by atoms with E-state index < -0.39 is 0 Å². The van der Waals surface area contributed by atoms with Crippen LogP contribution in [0.4, 0.5) is 17.1 Å². The molecule has 0 aliphatic carbocycles. The first-order valence-corrected chi connectivity index (χ1v) is 11.9. The molecule has 0 aromatic heterocycles. The zero-order valence-electron chi connectivity index (χ0n) is 20.2. The summed E-state index contributed by atoms with van der Waals surface area (Å²) in [5.74, 6) is -0.476. The lowest BCUT2D eigenvalue weighted by molar-refractivity contribution is -0.114. The van der Waals surface area contributed by atoms with Crippen molar-refractivity contribution < 1.29 is 14.4 Å². The number of anilines is 3. The molecule has 3 N–H and O–H groups in total. The minimum atomic E-state index is -0.243. The van der Waals surface area contributed by atoms with E-state index >= 15 is 0 Å². The van der Waals surface area contributed by atoms with Crippen LogP contribution in [-0.4, -0.2) is 42.3 Å². The number of carbonyl (C=O) groups is 3. The summed E-state index contributed by atoms with van der Waals surface area (Å²) < 4.78 is 0. The van der Waals surface area contributed by atoms with Gasteiger partial charge in [-0.2, -0.15) is 0 Å². The predicted molar refractivity (Wildman–Crippen MR) is 141 cm³/mol. The minimum absolute atomic E-state index is 0.0303. The zero-order chi connectivity index (χ0) is 25.0. The zero-order valence-corrected chi connectivity index (χ0v) is 20.2. The normalized spacial score (nSPS) is 10.3. The Bertz CT molecular complexity index is 1140. The summed E-state index contributed by atoms with van der Waals surface area (Å²) in [7, 11) is 0. The van der Waals surface area contributed by atoms with Crippen LogP contribution in [0.3, 0.4) is 0 Å². The largest absolute Gasteiger partial charge is 0.376 e. The first-order chi connectivity index (χ1) is 17.0. The molecule has 0 saturated heterocycles. The van der Waals surface area contributed by atoms with E-state index in [0.29, 0.717) is 41.3 Å². The molecule has 0 aliphatic rings. The maximum Gasteiger partial charge on any atom is 0.255 e. The number of rotatable bonds is 11. The lowest BCUT2D eigenvalue weighted by Crippen LogP contribution is -2.32. The maximum absolute atomic E-state index is 12.8. The highest BCUT2D eigenvalue weighted by atomic mass is 16.2. The van der Waals surface area contributed by atoms with E-state index in [1.165, 1.54) is 0 Å².